The maximum Gasteiger partial charge on any atom is 0.380 e. The molecule has 1 aromatic rings. The quantitative estimate of drug-likeness (QED) is 0.397. The van der Waals surface area contributed by atoms with Crippen molar-refractivity contribution in [3.63, 3.8) is 0 Å². The zero-order valence-electron chi connectivity index (χ0n) is 17.1. The van der Waals surface area contributed by atoms with E-state index in [0.717, 1.165) is 31.2 Å². The summed E-state index contributed by atoms with van der Waals surface area (Å²) in [4.78, 5) is 11.8. The van der Waals surface area contributed by atoms with E-state index < -0.39 is 10.3 Å². The zero-order valence-corrected chi connectivity index (χ0v) is 17.9. The Bertz CT molecular complexity index is 645. The molecule has 0 aliphatic rings. The van der Waals surface area contributed by atoms with Gasteiger partial charge in [0.1, 0.15) is 5.75 Å². The Labute approximate surface area is 170 Å². The van der Waals surface area contributed by atoms with Crippen molar-refractivity contribution in [2.75, 3.05) is 6.54 Å². The van der Waals surface area contributed by atoms with E-state index in [9.17, 15) is 13.2 Å². The second-order valence-electron chi connectivity index (χ2n) is 7.25. The lowest BCUT2D eigenvalue weighted by atomic mass is 10.1. The van der Waals surface area contributed by atoms with E-state index in [2.05, 4.69) is 16.4 Å². The van der Waals surface area contributed by atoms with E-state index in [1.54, 1.807) is 24.3 Å². The van der Waals surface area contributed by atoms with E-state index in [-0.39, 0.29) is 11.7 Å². The van der Waals surface area contributed by atoms with Crippen molar-refractivity contribution in [1.82, 2.24) is 5.32 Å². The topological polar surface area (TPSA) is 98.5 Å². The number of aryl methyl sites for hydroxylation is 1. The molecule has 3 N–H and O–H groups in total. The molecule has 1 aromatic carbocycles. The molecule has 28 heavy (non-hydrogen) atoms. The van der Waals surface area contributed by atoms with Crippen molar-refractivity contribution in [2.45, 2.75) is 84.0 Å². The van der Waals surface area contributed by atoms with Gasteiger partial charge in [-0.2, -0.15) is 13.6 Å². The minimum absolute atomic E-state index is 0.125. The number of carbonyl (C=O) groups is 1. The van der Waals surface area contributed by atoms with Gasteiger partial charge in [0.15, 0.2) is 0 Å². The van der Waals surface area contributed by atoms with Gasteiger partial charge in [-0.1, -0.05) is 70.4 Å². The van der Waals surface area contributed by atoms with Crippen LogP contribution in [0, 0.1) is 0 Å². The van der Waals surface area contributed by atoms with Crippen molar-refractivity contribution in [3.05, 3.63) is 29.8 Å². The standard InChI is InChI=1S/C21H36N2O4S/c1-2-3-4-5-6-7-8-9-10-13-21(24)23-18-11-12-19-14-16-20(17-15-19)27-28(22,25)26/h14-17H,2-13,18H2,1H3,(H,23,24)(H2,22,25,26). The lowest BCUT2D eigenvalue weighted by Crippen LogP contribution is -2.24. The van der Waals surface area contributed by atoms with Gasteiger partial charge in [0.25, 0.3) is 0 Å². The maximum atomic E-state index is 11.8. The number of amides is 1. The molecule has 0 unspecified atom stereocenters. The monoisotopic (exact) mass is 412 g/mol. The van der Waals surface area contributed by atoms with E-state index >= 15 is 0 Å². The second-order valence-corrected chi connectivity index (χ2v) is 8.40. The summed E-state index contributed by atoms with van der Waals surface area (Å²) in [5, 5.41) is 7.78. The first-order valence-corrected chi connectivity index (χ1v) is 12.0. The fourth-order valence-corrected chi connectivity index (χ4v) is 3.43. The molecule has 0 saturated carbocycles. The summed E-state index contributed by atoms with van der Waals surface area (Å²) >= 11 is 0. The van der Waals surface area contributed by atoms with Crippen LogP contribution in [0.4, 0.5) is 0 Å². The highest BCUT2D eigenvalue weighted by Crippen LogP contribution is 2.14. The Morgan fingerprint density at radius 1 is 0.929 bits per heavy atom. The van der Waals surface area contributed by atoms with E-state index in [0.29, 0.717) is 13.0 Å². The Hall–Kier alpha value is -1.60. The van der Waals surface area contributed by atoms with Crippen molar-refractivity contribution < 1.29 is 17.4 Å². The minimum atomic E-state index is -3.99. The number of nitrogens with one attached hydrogen (secondary N) is 1. The van der Waals surface area contributed by atoms with Crippen LogP contribution in [0.15, 0.2) is 24.3 Å². The van der Waals surface area contributed by atoms with Crippen LogP contribution < -0.4 is 14.6 Å². The van der Waals surface area contributed by atoms with Gasteiger partial charge in [-0.05, 0) is 37.0 Å². The SMILES string of the molecule is CCCCCCCCCCCC(=O)NCCCc1ccc(OS(N)(=O)=O)cc1. The van der Waals surface area contributed by atoms with Gasteiger partial charge < -0.3 is 9.50 Å². The van der Waals surface area contributed by atoms with Gasteiger partial charge in [-0.25, -0.2) is 0 Å². The van der Waals surface area contributed by atoms with Crippen LogP contribution in [0.1, 0.15) is 83.1 Å². The van der Waals surface area contributed by atoms with Crippen molar-refractivity contribution in [2.24, 2.45) is 5.14 Å². The average molecular weight is 413 g/mol. The molecule has 160 valence electrons. The molecule has 0 atom stereocenters. The first-order valence-electron chi connectivity index (χ1n) is 10.5. The third kappa shape index (κ3) is 13.6. The molecule has 0 heterocycles. The molecule has 0 aromatic heterocycles. The van der Waals surface area contributed by atoms with E-state index in [1.807, 2.05) is 0 Å². The molecule has 0 saturated heterocycles. The summed E-state index contributed by atoms with van der Waals surface area (Å²) < 4.78 is 26.3. The molecule has 1 amide bonds. The fraction of sp³-hybridized carbons (Fsp3) is 0.667. The Morgan fingerprint density at radius 3 is 2.07 bits per heavy atom. The lowest BCUT2D eigenvalue weighted by molar-refractivity contribution is -0.121. The molecule has 0 aliphatic heterocycles. The lowest BCUT2D eigenvalue weighted by Gasteiger charge is -2.07. The van der Waals surface area contributed by atoms with E-state index in [4.69, 9.17) is 5.14 Å². The Kier molecular flexibility index (Phi) is 12.6. The number of hydrogen-bond acceptors (Lipinski definition) is 4. The van der Waals surface area contributed by atoms with Gasteiger partial charge in [-0.15, -0.1) is 0 Å². The largest absolute Gasteiger partial charge is 0.380 e. The summed E-state index contributed by atoms with van der Waals surface area (Å²) in [6.07, 6.45) is 13.5. The summed E-state index contributed by atoms with van der Waals surface area (Å²) in [6.45, 7) is 2.88. The molecule has 0 radical (unpaired) electrons. The highest BCUT2D eigenvalue weighted by atomic mass is 32.2. The molecule has 0 aliphatic carbocycles. The third-order valence-electron chi connectivity index (χ3n) is 4.61. The molecule has 0 fully saturated rings. The number of unbranched alkanes of at least 4 members (excludes halogenated alkanes) is 8. The molecule has 0 bridgehead atoms. The summed E-state index contributed by atoms with van der Waals surface area (Å²) in [5.74, 6) is 0.320. The van der Waals surface area contributed by atoms with Gasteiger partial charge in [-0.3, -0.25) is 4.79 Å². The van der Waals surface area contributed by atoms with Crippen molar-refractivity contribution >= 4 is 16.2 Å². The molecule has 0 spiro atoms. The van der Waals surface area contributed by atoms with Gasteiger partial charge in [0.2, 0.25) is 5.91 Å². The molecular formula is C21H36N2O4S. The Balaban J connectivity index is 2.01. The van der Waals surface area contributed by atoms with Gasteiger partial charge in [0, 0.05) is 13.0 Å². The zero-order chi connectivity index (χ0) is 20.7. The smallest absolute Gasteiger partial charge is 0.371 e. The van der Waals surface area contributed by atoms with Crippen LogP contribution in [0.2, 0.25) is 0 Å². The number of hydrogen-bond donors (Lipinski definition) is 2. The van der Waals surface area contributed by atoms with Crippen molar-refractivity contribution in [1.29, 1.82) is 0 Å². The first-order chi connectivity index (χ1) is 13.4. The highest BCUT2D eigenvalue weighted by molar-refractivity contribution is 7.84. The second kappa shape index (κ2) is 14.4. The van der Waals surface area contributed by atoms with Crippen LogP contribution in [-0.4, -0.2) is 20.9 Å². The summed E-state index contributed by atoms with van der Waals surface area (Å²) in [5.41, 5.74) is 1.05. The molecular weight excluding hydrogens is 376 g/mol. The average Bonchev–Trinajstić information content (AvgIpc) is 2.64. The van der Waals surface area contributed by atoms with Crippen molar-refractivity contribution in [3.8, 4) is 5.75 Å². The predicted octanol–water partition coefficient (Wildman–Crippen LogP) is 4.24. The van der Waals surface area contributed by atoms with Crippen LogP contribution in [0.3, 0.4) is 0 Å². The third-order valence-corrected chi connectivity index (χ3v) is 5.03. The number of nitrogens with two attached hydrogens (primary N) is 1. The van der Waals surface area contributed by atoms with Crippen LogP contribution >= 0.6 is 0 Å². The number of benzene rings is 1. The fourth-order valence-electron chi connectivity index (χ4n) is 3.05. The normalized spacial score (nSPS) is 11.4. The summed E-state index contributed by atoms with van der Waals surface area (Å²) in [6, 6.07) is 6.74. The van der Waals surface area contributed by atoms with Gasteiger partial charge >= 0.3 is 10.3 Å². The minimum Gasteiger partial charge on any atom is -0.371 e. The number of carbonyl (C=O) groups excluding carboxylic acids is 1. The van der Waals surface area contributed by atoms with Gasteiger partial charge in [0.05, 0.1) is 0 Å². The predicted molar refractivity (Wildman–Crippen MR) is 113 cm³/mol. The first kappa shape index (κ1) is 24.4. The van der Waals surface area contributed by atoms with Crippen LogP contribution in [0.25, 0.3) is 0 Å². The van der Waals surface area contributed by atoms with Crippen LogP contribution in [0.5, 0.6) is 5.75 Å². The molecule has 6 nitrogen and oxygen atoms in total. The molecule has 1 rings (SSSR count). The highest BCUT2D eigenvalue weighted by Gasteiger charge is 2.05. The Morgan fingerprint density at radius 2 is 1.50 bits per heavy atom. The number of rotatable bonds is 16. The van der Waals surface area contributed by atoms with E-state index in [1.165, 1.54) is 44.9 Å². The maximum absolute atomic E-state index is 11.8. The summed E-state index contributed by atoms with van der Waals surface area (Å²) in [7, 11) is -3.99. The molecule has 7 heteroatoms. The van der Waals surface area contributed by atoms with Crippen LogP contribution in [-0.2, 0) is 21.5 Å².